The fourth-order valence-corrected chi connectivity index (χ4v) is 17.2. The number of carbonyl (C=O) groups is 7. The molecule has 0 aliphatic rings. The normalized spacial score (nSPS) is 11.6. The van der Waals surface area contributed by atoms with Crippen LogP contribution in [0, 0.1) is 20.8 Å². The van der Waals surface area contributed by atoms with Gasteiger partial charge in [-0.15, -0.1) is 0 Å². The van der Waals surface area contributed by atoms with Crippen LogP contribution < -0.4 is 31.9 Å². The van der Waals surface area contributed by atoms with E-state index >= 15 is 0 Å². The van der Waals surface area contributed by atoms with Crippen molar-refractivity contribution in [3.63, 3.8) is 0 Å². The van der Waals surface area contributed by atoms with Crippen molar-refractivity contribution in [3.05, 3.63) is 394 Å². The number of hydrogen-bond acceptors (Lipinski definition) is 22. The minimum atomic E-state index is -4.60. The van der Waals surface area contributed by atoms with Crippen molar-refractivity contribution in [1.29, 1.82) is 0 Å². The van der Waals surface area contributed by atoms with Gasteiger partial charge in [0.1, 0.15) is 17.1 Å². The van der Waals surface area contributed by atoms with Crippen LogP contribution in [0.3, 0.4) is 0 Å². The van der Waals surface area contributed by atoms with Gasteiger partial charge in [0.25, 0.3) is 35.4 Å². The molecule has 1 unspecified atom stereocenters. The Bertz CT molecular complexity index is 7420. The van der Waals surface area contributed by atoms with E-state index in [1.807, 2.05) is 25.1 Å². The number of carbonyl (C=O) groups excluding carboxylic acids is 7. The zero-order valence-electron chi connectivity index (χ0n) is 79.5. The number of alkyl halides is 9. The summed E-state index contributed by atoms with van der Waals surface area (Å²) in [6, 6.07) is 62.1. The largest absolute Gasteiger partial charge is 0.465 e. The van der Waals surface area contributed by atoms with Crippen LogP contribution in [0.4, 0.5) is 68.0 Å². The number of nitrogens with one attached hydrogen (secondary N) is 6. The second-order valence-corrected chi connectivity index (χ2v) is 39.1. The number of ether oxygens (including phenoxy) is 1. The van der Waals surface area contributed by atoms with Gasteiger partial charge in [-0.3, -0.25) is 58.3 Å². The molecule has 0 saturated heterocycles. The van der Waals surface area contributed by atoms with Gasteiger partial charge in [-0.2, -0.15) is 39.5 Å². The number of esters is 1. The minimum absolute atomic E-state index is 0.00468. The monoisotopic (exact) mass is 2180 g/mol. The molecule has 6 amide bonds. The number of halogens is 14. The van der Waals surface area contributed by atoms with Crippen LogP contribution in [0.1, 0.15) is 136 Å². The number of sulfone groups is 1. The number of benzene rings is 7. The molecule has 0 saturated carbocycles. The predicted octanol–water partition coefficient (Wildman–Crippen LogP) is 24.6. The Hall–Kier alpha value is -15.1. The van der Waals surface area contributed by atoms with Gasteiger partial charge < -0.3 is 51.4 Å². The summed E-state index contributed by atoms with van der Waals surface area (Å²) in [6.07, 6.45) is -4.77. The number of aliphatic hydroxyl groups is 2. The molecule has 0 spiro atoms. The first-order chi connectivity index (χ1) is 70.5. The summed E-state index contributed by atoms with van der Waals surface area (Å²) in [5, 5.41) is 36.4. The van der Waals surface area contributed by atoms with Crippen molar-refractivity contribution in [1.82, 2.24) is 45.2 Å². The first kappa shape index (κ1) is 114. The standard InChI is InChI=1S/C22H22ClN2O3P.C21H16ClF3N4O2.C21H15ClF3N3O3.C21H19ClN2O4S.C20H15ClF3N3O2/c1-3-28-29(2,27)15-16-7-9-17(10-8-16)22(26)25-18-11-12-20(23)19(14-18)21-6-4-5-13-24-21;1-11-14(5-8-18(28-11)21(23,24)25)20(31)29-13-4-6-16(22)15(9-13)17-7-3-12(10-27-17)19(30)26-2;1-11-14(5-8-18(27-11)21(23,24)25)19(29)28-13-4-6-16(22)15(9-13)17-7-3-12(10-26-17)20(30)31-2;1-29(27,28)13-14-2-5-16(6-3-14)21(26)24-17-7-8-19(22)18(10-17)20-9-4-15(12-25)11-23-20;1-11-14(4-7-18(26-11)20(22,23)24)19(29)27-13-3-5-16(21)15(8-13)17-6-2-12(10-28)9-25-17/h4-14H,3,15H2,1-2H3,(H,25,26);3-10H,1-2H3,(H,26,30)(H,29,31);3-10H,1-2H3,(H,28,29);2-11,25H,12-13H2,1H3,(H,24,26);2-9,28H,10H2,1H3,(H,27,29). The van der Waals surface area contributed by atoms with Gasteiger partial charge in [-0.25, -0.2) is 28.2 Å². The number of aryl methyl sites for hydroxylation is 3. The highest BCUT2D eigenvalue weighted by molar-refractivity contribution is 7.89. The number of aromatic nitrogens is 8. The van der Waals surface area contributed by atoms with E-state index in [1.54, 1.807) is 201 Å². The Labute approximate surface area is 872 Å². The molecular formula is C105H87Cl5F9N14O14PS. The summed E-state index contributed by atoms with van der Waals surface area (Å²) < 4.78 is 160. The van der Waals surface area contributed by atoms with E-state index in [0.717, 1.165) is 59.5 Å². The third-order valence-electron chi connectivity index (χ3n) is 21.2. The lowest BCUT2D eigenvalue weighted by Crippen LogP contribution is -2.17. The second-order valence-electron chi connectivity index (χ2n) is 32.3. The molecule has 8 aromatic heterocycles. The fourth-order valence-electron chi connectivity index (χ4n) is 13.8. The number of rotatable bonds is 25. The minimum Gasteiger partial charge on any atom is -0.465 e. The van der Waals surface area contributed by atoms with E-state index in [0.29, 0.717) is 145 Å². The maximum atomic E-state index is 12.8. The molecule has 7 aromatic carbocycles. The maximum Gasteiger partial charge on any atom is 0.433 e. The predicted molar refractivity (Wildman–Crippen MR) is 552 cm³/mol. The smallest absolute Gasteiger partial charge is 0.433 e. The highest BCUT2D eigenvalue weighted by Crippen LogP contribution is 2.47. The Kier molecular flexibility index (Phi) is 39.1. The molecule has 8 heterocycles. The van der Waals surface area contributed by atoms with Crippen molar-refractivity contribution in [2.24, 2.45) is 0 Å². The Balaban J connectivity index is 0.000000177. The third-order valence-corrected chi connectivity index (χ3v) is 25.5. The van der Waals surface area contributed by atoms with E-state index < -0.39 is 76.5 Å². The van der Waals surface area contributed by atoms with E-state index in [1.165, 1.54) is 59.6 Å². The highest BCUT2D eigenvalue weighted by Gasteiger charge is 2.36. The van der Waals surface area contributed by atoms with E-state index in [4.69, 9.17) is 72.7 Å². The number of hydrogen-bond donors (Lipinski definition) is 8. The molecule has 44 heteroatoms. The summed E-state index contributed by atoms with van der Waals surface area (Å²) in [4.78, 5) is 118. The number of aliphatic hydroxyl groups excluding tert-OH is 2. The van der Waals surface area contributed by atoms with Crippen LogP contribution in [0.5, 0.6) is 0 Å². The molecule has 0 aliphatic carbocycles. The lowest BCUT2D eigenvalue weighted by molar-refractivity contribution is -0.142. The summed E-state index contributed by atoms with van der Waals surface area (Å²) in [6.45, 7) is 7.60. The summed E-state index contributed by atoms with van der Waals surface area (Å²) in [7, 11) is -3.03. The van der Waals surface area contributed by atoms with Gasteiger partial charge in [0.05, 0.1) is 131 Å². The number of anilines is 5. The molecule has 28 nitrogen and oxygen atoms in total. The SMILES string of the molecule is CCOP(C)(=O)Cc1ccc(C(=O)Nc2ccc(Cl)c(-c3ccccn3)c2)cc1.CNC(=O)c1ccc(-c2cc(NC(=O)c3ccc(C(F)(F)F)nc3C)ccc2Cl)nc1.COC(=O)c1ccc(-c2cc(NC(=O)c3ccc(C(F)(F)F)nc3C)ccc2Cl)nc1.CS(=O)(=O)Cc1ccc(C(=O)Nc2ccc(Cl)c(-c3ccc(CO)cn3)c2)cc1.Cc1nc(C(F)(F)F)ccc1C(=O)Nc1ccc(Cl)c(-c2ccc(CO)cn2)c1. The van der Waals surface area contributed by atoms with Crippen LogP contribution in [-0.4, -0.2) is 134 Å². The number of pyridine rings is 8. The average Bonchev–Trinajstić information content (AvgIpc) is 0.810. The van der Waals surface area contributed by atoms with Crippen LogP contribution in [0.15, 0.2) is 274 Å². The molecule has 0 bridgehead atoms. The summed E-state index contributed by atoms with van der Waals surface area (Å²) >= 11 is 31.3. The van der Waals surface area contributed by atoms with Gasteiger partial charge in [0.2, 0.25) is 7.37 Å². The summed E-state index contributed by atoms with van der Waals surface area (Å²) in [5.41, 5.74) is 9.08. The van der Waals surface area contributed by atoms with Crippen molar-refractivity contribution in [2.45, 2.75) is 71.4 Å². The topological polar surface area (TPSA) is 405 Å². The lowest BCUT2D eigenvalue weighted by Gasteiger charge is -2.13. The molecule has 8 N–H and O–H groups in total. The first-order valence-corrected chi connectivity index (χ1v) is 50.2. The molecule has 15 rings (SSSR count). The van der Waals surface area contributed by atoms with E-state index in [2.05, 4.69) is 76.5 Å². The zero-order chi connectivity index (χ0) is 109. The van der Waals surface area contributed by atoms with Gasteiger partial charge in [-0.1, -0.05) is 100 Å². The van der Waals surface area contributed by atoms with Gasteiger partial charge in [-0.05, 0) is 250 Å². The van der Waals surface area contributed by atoms with E-state index in [9.17, 15) is 86.1 Å². The second kappa shape index (κ2) is 51.0. The molecule has 149 heavy (non-hydrogen) atoms. The van der Waals surface area contributed by atoms with E-state index in [-0.39, 0.29) is 76.0 Å². The molecule has 1 atom stereocenters. The van der Waals surface area contributed by atoms with Crippen LogP contribution >= 0.6 is 65.4 Å². The van der Waals surface area contributed by atoms with Crippen molar-refractivity contribution in [2.75, 3.05) is 60.3 Å². The zero-order valence-corrected chi connectivity index (χ0v) is 85.0. The molecule has 15 aromatic rings. The van der Waals surface area contributed by atoms with Crippen LogP contribution in [0.25, 0.3) is 56.3 Å². The number of nitrogens with zero attached hydrogens (tertiary/aromatic N) is 8. The molecule has 0 fully saturated rings. The van der Waals surface area contributed by atoms with Crippen LogP contribution in [-0.2, 0) is 67.3 Å². The molecular weight excluding hydrogens is 2090 g/mol. The van der Waals surface area contributed by atoms with Crippen molar-refractivity contribution < 1.29 is 106 Å². The quantitative estimate of drug-likeness (QED) is 0.0150. The molecule has 0 radical (unpaired) electrons. The van der Waals surface area contributed by atoms with Gasteiger partial charge in [0.15, 0.2) is 9.84 Å². The molecule has 0 aliphatic heterocycles. The van der Waals surface area contributed by atoms with Gasteiger partial charge >= 0.3 is 24.5 Å². The number of amides is 6. The lowest BCUT2D eigenvalue weighted by atomic mass is 10.1. The average molecular weight is 2180 g/mol. The van der Waals surface area contributed by atoms with Gasteiger partial charge in [0, 0.05) is 124 Å². The fraction of sp³-hybridized carbons (Fsp3) is 0.152. The third kappa shape index (κ3) is 32.5. The number of methoxy groups -OCH3 is 1. The molecule has 770 valence electrons. The highest BCUT2D eigenvalue weighted by atomic mass is 35.5. The van der Waals surface area contributed by atoms with Crippen molar-refractivity contribution >= 4 is 145 Å². The maximum absolute atomic E-state index is 12.8. The first-order valence-electron chi connectivity index (χ1n) is 44.0. The Morgan fingerprint density at radius 2 is 0.678 bits per heavy atom. The van der Waals surface area contributed by atoms with Crippen LogP contribution in [0.2, 0.25) is 25.1 Å². The Morgan fingerprint density at radius 3 is 0.946 bits per heavy atom. The Morgan fingerprint density at radius 1 is 0.376 bits per heavy atom. The van der Waals surface area contributed by atoms with Crippen molar-refractivity contribution in [3.8, 4) is 56.3 Å². The summed E-state index contributed by atoms with van der Waals surface area (Å²) in [5.74, 6) is -3.30.